The van der Waals surface area contributed by atoms with Crippen LogP contribution in [0.4, 0.5) is 11.4 Å². The van der Waals surface area contributed by atoms with Crippen LogP contribution in [0.15, 0.2) is 64.9 Å². The smallest absolute Gasteiger partial charge is 0.241 e. The Morgan fingerprint density at radius 2 is 1.29 bits per heavy atom. The number of nitrogen functional groups attached to an aromatic ring is 2. The van der Waals surface area contributed by atoms with Gasteiger partial charge in [-0.05, 0) is 42.0 Å². The number of sulfonamides is 1. The lowest BCUT2D eigenvalue weighted by molar-refractivity contribution is 0.374. The molecule has 206 valence electrons. The molecule has 0 radical (unpaired) electrons. The van der Waals surface area contributed by atoms with Gasteiger partial charge in [-0.3, -0.25) is 0 Å². The second kappa shape index (κ2) is 13.0. The third-order valence-corrected chi connectivity index (χ3v) is 7.23. The van der Waals surface area contributed by atoms with Crippen LogP contribution in [0.25, 0.3) is 6.08 Å². The third kappa shape index (κ3) is 8.57. The van der Waals surface area contributed by atoms with Crippen LogP contribution in [0.3, 0.4) is 0 Å². The maximum atomic E-state index is 12.6. The van der Waals surface area contributed by atoms with Crippen molar-refractivity contribution < 1.29 is 35.8 Å². The first-order valence-electron chi connectivity index (χ1n) is 10.8. The highest BCUT2D eigenvalue weighted by molar-refractivity contribution is 7.93. The number of anilines is 2. The summed E-state index contributed by atoms with van der Waals surface area (Å²) in [5, 5.41) is 6.18. The molecule has 0 saturated heterocycles. The summed E-state index contributed by atoms with van der Waals surface area (Å²) in [6, 6.07) is 14.3. The van der Waals surface area contributed by atoms with Gasteiger partial charge in [0.15, 0.2) is 9.84 Å². The zero-order valence-corrected chi connectivity index (χ0v) is 23.0. The Kier molecular flexibility index (Phi) is 10.4. The van der Waals surface area contributed by atoms with Gasteiger partial charge in [0.05, 0.1) is 39.8 Å². The van der Waals surface area contributed by atoms with Crippen molar-refractivity contribution >= 4 is 37.3 Å². The topological polar surface area (TPSA) is 183 Å². The van der Waals surface area contributed by atoms with E-state index in [4.69, 9.17) is 35.6 Å². The van der Waals surface area contributed by atoms with E-state index in [1.165, 1.54) is 52.7 Å². The maximum absolute atomic E-state index is 12.6. The average molecular weight is 566 g/mol. The Bertz CT molecular complexity index is 1460. The van der Waals surface area contributed by atoms with Crippen LogP contribution in [0.1, 0.15) is 11.1 Å². The molecule has 0 aliphatic rings. The van der Waals surface area contributed by atoms with Crippen LogP contribution < -0.4 is 35.6 Å². The number of hydrogen-bond acceptors (Lipinski definition) is 10. The Balaban J connectivity index is 0.000000538. The van der Waals surface area contributed by atoms with Gasteiger partial charge in [0.25, 0.3) is 0 Å². The molecule has 0 aliphatic heterocycles. The van der Waals surface area contributed by atoms with Gasteiger partial charge in [-0.1, -0.05) is 12.1 Å². The summed E-state index contributed by atoms with van der Waals surface area (Å²) < 4.78 is 69.4. The minimum Gasteiger partial charge on any atom is -0.496 e. The molecule has 0 spiro atoms. The molecule has 11 nitrogen and oxygen atoms in total. The monoisotopic (exact) mass is 565 g/mol. The van der Waals surface area contributed by atoms with Crippen molar-refractivity contribution in [2.45, 2.75) is 10.6 Å². The number of ether oxygens (including phenoxy) is 4. The van der Waals surface area contributed by atoms with E-state index in [9.17, 15) is 16.8 Å². The van der Waals surface area contributed by atoms with Crippen molar-refractivity contribution in [2.75, 3.05) is 39.9 Å². The molecule has 0 saturated carbocycles. The number of methoxy groups -OCH3 is 4. The van der Waals surface area contributed by atoms with E-state index in [1.54, 1.807) is 30.3 Å². The average Bonchev–Trinajstić information content (AvgIpc) is 2.86. The van der Waals surface area contributed by atoms with E-state index in [2.05, 4.69) is 0 Å². The van der Waals surface area contributed by atoms with Gasteiger partial charge >= 0.3 is 0 Å². The fraction of sp³-hybridized carbons (Fsp3) is 0.200. The van der Waals surface area contributed by atoms with Crippen LogP contribution in [0, 0.1) is 0 Å². The zero-order valence-electron chi connectivity index (χ0n) is 21.4. The van der Waals surface area contributed by atoms with Crippen molar-refractivity contribution in [2.24, 2.45) is 5.14 Å². The Morgan fingerprint density at radius 1 is 0.737 bits per heavy atom. The molecule has 13 heteroatoms. The lowest BCUT2D eigenvalue weighted by Crippen LogP contribution is -2.14. The maximum Gasteiger partial charge on any atom is 0.241 e. The number of primary sulfonamides is 1. The first kappa shape index (κ1) is 30.3. The molecule has 0 unspecified atom stereocenters. The molecule has 0 atom stereocenters. The molecule has 38 heavy (non-hydrogen) atoms. The minimum absolute atomic E-state index is 0.0295. The molecular weight excluding hydrogens is 534 g/mol. The summed E-state index contributed by atoms with van der Waals surface area (Å²) in [6.45, 7) is 0. The quantitative estimate of drug-likeness (QED) is 0.326. The highest BCUT2D eigenvalue weighted by Gasteiger charge is 2.18. The van der Waals surface area contributed by atoms with Crippen LogP contribution in [-0.2, 0) is 25.6 Å². The number of rotatable bonds is 9. The Morgan fingerprint density at radius 3 is 1.71 bits per heavy atom. The molecule has 3 rings (SSSR count). The van der Waals surface area contributed by atoms with Gasteiger partial charge in [-0.2, -0.15) is 0 Å². The summed E-state index contributed by atoms with van der Waals surface area (Å²) in [6.07, 6.45) is 1.34. The van der Waals surface area contributed by atoms with Gasteiger partial charge in [0.2, 0.25) is 10.0 Å². The predicted octanol–water partition coefficient (Wildman–Crippen LogP) is 2.81. The van der Waals surface area contributed by atoms with Crippen molar-refractivity contribution in [3.8, 4) is 23.0 Å². The molecule has 0 heterocycles. The molecule has 0 amide bonds. The molecule has 0 bridgehead atoms. The van der Waals surface area contributed by atoms with E-state index in [0.29, 0.717) is 34.2 Å². The lowest BCUT2D eigenvalue weighted by atomic mass is 10.1. The summed E-state index contributed by atoms with van der Waals surface area (Å²) >= 11 is 0. The second-order valence-corrected chi connectivity index (χ2v) is 11.2. The first-order chi connectivity index (χ1) is 17.8. The lowest BCUT2D eigenvalue weighted by Gasteiger charge is -2.12. The van der Waals surface area contributed by atoms with E-state index in [1.807, 2.05) is 6.07 Å². The summed E-state index contributed by atoms with van der Waals surface area (Å²) in [4.78, 5) is -0.292. The molecule has 0 aliphatic carbocycles. The normalized spacial score (nSPS) is 11.4. The highest BCUT2D eigenvalue weighted by Crippen LogP contribution is 2.35. The molecule has 0 fully saturated rings. The van der Waals surface area contributed by atoms with Crippen LogP contribution in [0.5, 0.6) is 23.0 Å². The van der Waals surface area contributed by atoms with Crippen molar-refractivity contribution in [3.05, 3.63) is 71.1 Å². The van der Waals surface area contributed by atoms with E-state index in [-0.39, 0.29) is 16.2 Å². The van der Waals surface area contributed by atoms with Crippen LogP contribution >= 0.6 is 0 Å². The molecule has 0 aromatic heterocycles. The first-order valence-corrected chi connectivity index (χ1v) is 14.1. The fourth-order valence-corrected chi connectivity index (χ4v) is 5.07. The van der Waals surface area contributed by atoms with E-state index >= 15 is 0 Å². The largest absolute Gasteiger partial charge is 0.496 e. The minimum atomic E-state index is -4.09. The SMILES string of the molecule is COc1cc(OC)c(C=CS(=O)(=O)Cc2ccc(OC)c(S(N)(=O)=O)c2)c(OC)c1.Nc1cccc(N)c1. The molecule has 6 N–H and O–H groups in total. The Labute approximate surface area is 222 Å². The van der Waals surface area contributed by atoms with Gasteiger partial charge in [-0.15, -0.1) is 0 Å². The zero-order chi connectivity index (χ0) is 28.5. The molecule has 3 aromatic carbocycles. The van der Waals surface area contributed by atoms with Crippen molar-refractivity contribution in [1.82, 2.24) is 0 Å². The fourth-order valence-electron chi connectivity index (χ4n) is 3.24. The van der Waals surface area contributed by atoms with Crippen molar-refractivity contribution in [1.29, 1.82) is 0 Å². The molecule has 3 aromatic rings. The number of hydrogen-bond donors (Lipinski definition) is 3. The summed E-state index contributed by atoms with van der Waals surface area (Å²) in [5.74, 6) is 0.785. The number of sulfone groups is 1. The van der Waals surface area contributed by atoms with Gasteiger partial charge in [0.1, 0.15) is 27.9 Å². The van der Waals surface area contributed by atoms with Gasteiger partial charge in [0, 0.05) is 28.9 Å². The second-order valence-electron chi connectivity index (χ2n) is 7.76. The number of nitrogens with two attached hydrogens (primary N) is 3. The Hall–Kier alpha value is -3.94. The van der Waals surface area contributed by atoms with Gasteiger partial charge < -0.3 is 30.4 Å². The summed E-state index contributed by atoms with van der Waals surface area (Å²) in [5.41, 5.74) is 12.8. The van der Waals surface area contributed by atoms with Crippen LogP contribution in [0.2, 0.25) is 0 Å². The standard InChI is InChI=1S/C19H23NO8S2.C6H8N2/c1-25-14-10-17(27-3)15(18(11-14)28-4)7-8-29(21,22)12-13-5-6-16(26-2)19(9-13)30(20,23)24;7-5-2-1-3-6(8)4-5/h5-11H,12H2,1-4H3,(H2,20,23,24);1-4H,7-8H2. The van der Waals surface area contributed by atoms with E-state index < -0.39 is 25.6 Å². The van der Waals surface area contributed by atoms with Crippen molar-refractivity contribution in [3.63, 3.8) is 0 Å². The highest BCUT2D eigenvalue weighted by atomic mass is 32.2. The third-order valence-electron chi connectivity index (χ3n) is 5.01. The molecular formula is C25H31N3O8S2. The van der Waals surface area contributed by atoms with Gasteiger partial charge in [-0.25, -0.2) is 22.0 Å². The number of benzene rings is 3. The predicted molar refractivity (Wildman–Crippen MR) is 147 cm³/mol. The van der Waals surface area contributed by atoms with Crippen LogP contribution in [-0.4, -0.2) is 45.3 Å². The summed E-state index contributed by atoms with van der Waals surface area (Å²) in [7, 11) is -2.22. The van der Waals surface area contributed by atoms with E-state index in [0.717, 1.165) is 5.41 Å².